The number of nitrogens with one attached hydrogen (secondary N) is 1. The Bertz CT molecular complexity index is 1520. The van der Waals surface area contributed by atoms with Gasteiger partial charge < -0.3 is 20.1 Å². The van der Waals surface area contributed by atoms with Gasteiger partial charge in [0.1, 0.15) is 18.4 Å². The number of amides is 1. The Morgan fingerprint density at radius 2 is 1.45 bits per heavy atom. The maximum absolute atomic E-state index is 13.1. The summed E-state index contributed by atoms with van der Waals surface area (Å²) >= 11 is 0. The highest BCUT2D eigenvalue weighted by molar-refractivity contribution is 6.12. The zero-order chi connectivity index (χ0) is 29.9. The number of carbonyl (C=O) groups excluding carboxylic acids is 2. The van der Waals surface area contributed by atoms with Crippen LogP contribution in [0, 0.1) is 0 Å². The average Bonchev–Trinajstić information content (AvgIpc) is 3.01. The standard InChI is InChI=1S/C35H34N2O5/c1-25(2)34(39)37(24-27-11-5-3-6-12-27)21-22-42-29-19-17-26(18-20-29)23-32(35(40)41)36-31-16-10-9-15-30(31)33(38)28-13-7-4-8-14-28/h3-20,32,36H,1,21-24H2,2H3,(H,40,41)/t32-/m0/s1. The molecular weight excluding hydrogens is 528 g/mol. The number of nitrogens with zero attached hydrogens (tertiary/aromatic N) is 1. The molecule has 0 spiro atoms. The number of carboxylic acid groups (broad SMARTS) is 1. The predicted molar refractivity (Wildman–Crippen MR) is 164 cm³/mol. The Hall–Kier alpha value is -5.17. The highest BCUT2D eigenvalue weighted by Crippen LogP contribution is 2.22. The van der Waals surface area contributed by atoms with Crippen LogP contribution in [0.25, 0.3) is 0 Å². The smallest absolute Gasteiger partial charge is 0.326 e. The minimum Gasteiger partial charge on any atom is -0.492 e. The molecule has 214 valence electrons. The summed E-state index contributed by atoms with van der Waals surface area (Å²) in [6.07, 6.45) is 0.196. The van der Waals surface area contributed by atoms with Gasteiger partial charge >= 0.3 is 5.97 Å². The van der Waals surface area contributed by atoms with Gasteiger partial charge in [0.15, 0.2) is 5.78 Å². The van der Waals surface area contributed by atoms with Gasteiger partial charge in [-0.3, -0.25) is 9.59 Å². The Balaban J connectivity index is 1.37. The van der Waals surface area contributed by atoms with Crippen molar-refractivity contribution in [2.24, 2.45) is 0 Å². The Morgan fingerprint density at radius 3 is 2.10 bits per heavy atom. The van der Waals surface area contributed by atoms with E-state index in [9.17, 15) is 19.5 Å². The maximum atomic E-state index is 13.1. The molecule has 0 heterocycles. The quantitative estimate of drug-likeness (QED) is 0.144. The first-order valence-corrected chi connectivity index (χ1v) is 13.7. The number of aliphatic carboxylic acids is 1. The van der Waals surface area contributed by atoms with E-state index in [2.05, 4.69) is 11.9 Å². The van der Waals surface area contributed by atoms with Crippen molar-refractivity contribution < 1.29 is 24.2 Å². The van der Waals surface area contributed by atoms with Crippen LogP contribution in [-0.4, -0.2) is 46.9 Å². The summed E-state index contributed by atoms with van der Waals surface area (Å²) in [6.45, 7) is 6.61. The molecule has 4 rings (SSSR count). The van der Waals surface area contributed by atoms with Crippen molar-refractivity contribution >= 4 is 23.3 Å². The van der Waals surface area contributed by atoms with Crippen molar-refractivity contribution in [2.45, 2.75) is 25.9 Å². The highest BCUT2D eigenvalue weighted by Gasteiger charge is 2.21. The van der Waals surface area contributed by atoms with E-state index in [1.54, 1.807) is 72.5 Å². The summed E-state index contributed by atoms with van der Waals surface area (Å²) in [7, 11) is 0. The lowest BCUT2D eigenvalue weighted by atomic mass is 10.00. The summed E-state index contributed by atoms with van der Waals surface area (Å²) in [5, 5.41) is 13.0. The van der Waals surface area contributed by atoms with Crippen molar-refractivity contribution in [2.75, 3.05) is 18.5 Å². The number of ether oxygens (including phenoxy) is 1. The largest absolute Gasteiger partial charge is 0.492 e. The fourth-order valence-electron chi connectivity index (χ4n) is 4.50. The Labute approximate surface area is 246 Å². The molecule has 0 saturated carbocycles. The highest BCUT2D eigenvalue weighted by atomic mass is 16.5. The molecular formula is C35H34N2O5. The van der Waals surface area contributed by atoms with E-state index < -0.39 is 12.0 Å². The Morgan fingerprint density at radius 1 is 0.833 bits per heavy atom. The number of ketones is 1. The number of benzene rings is 4. The van der Waals surface area contributed by atoms with Gasteiger partial charge in [0.25, 0.3) is 0 Å². The maximum Gasteiger partial charge on any atom is 0.326 e. The van der Waals surface area contributed by atoms with E-state index >= 15 is 0 Å². The first kappa shape index (κ1) is 29.8. The molecule has 0 saturated heterocycles. The van der Waals surface area contributed by atoms with Crippen molar-refractivity contribution in [1.82, 2.24) is 4.90 Å². The third-order valence-corrected chi connectivity index (χ3v) is 6.70. The van der Waals surface area contributed by atoms with Crippen LogP contribution in [0.2, 0.25) is 0 Å². The van der Waals surface area contributed by atoms with E-state index in [1.807, 2.05) is 48.5 Å². The molecule has 42 heavy (non-hydrogen) atoms. The fourth-order valence-corrected chi connectivity index (χ4v) is 4.50. The van der Waals surface area contributed by atoms with Gasteiger partial charge in [-0.25, -0.2) is 4.79 Å². The van der Waals surface area contributed by atoms with Gasteiger partial charge in [-0.1, -0.05) is 91.5 Å². The number of rotatable bonds is 14. The van der Waals surface area contributed by atoms with Crippen LogP contribution in [0.15, 0.2) is 121 Å². The summed E-state index contributed by atoms with van der Waals surface area (Å²) in [5.41, 5.74) is 3.67. The van der Waals surface area contributed by atoms with Gasteiger partial charge in [0.05, 0.1) is 6.54 Å². The first-order chi connectivity index (χ1) is 20.3. The molecule has 4 aromatic carbocycles. The minimum absolute atomic E-state index is 0.128. The second-order valence-electron chi connectivity index (χ2n) is 9.97. The molecule has 0 fully saturated rings. The SMILES string of the molecule is C=C(C)C(=O)N(CCOc1ccc(C[C@H](Nc2ccccc2C(=O)c2ccccc2)C(=O)O)cc1)Cc1ccccc1. The molecule has 1 atom stereocenters. The second-order valence-corrected chi connectivity index (χ2v) is 9.97. The summed E-state index contributed by atoms with van der Waals surface area (Å²) in [6, 6.07) is 31.8. The summed E-state index contributed by atoms with van der Waals surface area (Å²) < 4.78 is 5.90. The van der Waals surface area contributed by atoms with E-state index in [1.165, 1.54) is 0 Å². The van der Waals surface area contributed by atoms with Gasteiger partial charge in [-0.05, 0) is 42.3 Å². The number of carboxylic acids is 1. The Kier molecular flexibility index (Phi) is 10.3. The number of hydrogen-bond acceptors (Lipinski definition) is 5. The summed E-state index contributed by atoms with van der Waals surface area (Å²) in [4.78, 5) is 39.6. The van der Waals surface area contributed by atoms with Crippen LogP contribution in [0.5, 0.6) is 5.75 Å². The third-order valence-electron chi connectivity index (χ3n) is 6.70. The normalized spacial score (nSPS) is 11.3. The summed E-state index contributed by atoms with van der Waals surface area (Å²) in [5.74, 6) is -0.730. The molecule has 7 nitrogen and oxygen atoms in total. The zero-order valence-corrected chi connectivity index (χ0v) is 23.5. The van der Waals surface area contributed by atoms with E-state index in [4.69, 9.17) is 4.74 Å². The molecule has 1 amide bonds. The molecule has 4 aromatic rings. The van der Waals surface area contributed by atoms with E-state index in [0.717, 1.165) is 11.1 Å². The van der Waals surface area contributed by atoms with Crippen LogP contribution in [-0.2, 0) is 22.6 Å². The zero-order valence-electron chi connectivity index (χ0n) is 23.5. The molecule has 0 unspecified atom stereocenters. The molecule has 0 radical (unpaired) electrons. The molecule has 0 aliphatic carbocycles. The van der Waals surface area contributed by atoms with Crippen molar-refractivity contribution in [3.05, 3.63) is 144 Å². The first-order valence-electron chi connectivity index (χ1n) is 13.7. The number of anilines is 1. The molecule has 0 aromatic heterocycles. The monoisotopic (exact) mass is 562 g/mol. The van der Waals surface area contributed by atoms with Crippen molar-refractivity contribution in [3.8, 4) is 5.75 Å². The molecule has 0 bridgehead atoms. The molecule has 0 aliphatic rings. The van der Waals surface area contributed by atoms with Crippen molar-refractivity contribution in [3.63, 3.8) is 0 Å². The van der Waals surface area contributed by atoms with Crippen molar-refractivity contribution in [1.29, 1.82) is 0 Å². The van der Waals surface area contributed by atoms with Gasteiger partial charge in [-0.15, -0.1) is 0 Å². The minimum atomic E-state index is -1.03. The fraction of sp³-hybridized carbons (Fsp3) is 0.171. The van der Waals surface area contributed by atoms with Gasteiger partial charge in [0, 0.05) is 35.4 Å². The van der Waals surface area contributed by atoms with Crippen LogP contribution >= 0.6 is 0 Å². The lowest BCUT2D eigenvalue weighted by Crippen LogP contribution is -2.34. The predicted octanol–water partition coefficient (Wildman–Crippen LogP) is 6.01. The van der Waals surface area contributed by atoms with E-state index in [-0.39, 0.29) is 24.7 Å². The van der Waals surface area contributed by atoms with Gasteiger partial charge in [-0.2, -0.15) is 0 Å². The van der Waals surface area contributed by atoms with Crippen LogP contribution in [0.4, 0.5) is 5.69 Å². The third kappa shape index (κ3) is 8.17. The molecule has 7 heteroatoms. The number of carbonyl (C=O) groups is 3. The topological polar surface area (TPSA) is 95.9 Å². The van der Waals surface area contributed by atoms with E-state index in [0.29, 0.717) is 41.2 Å². The number of para-hydroxylation sites is 1. The van der Waals surface area contributed by atoms with Crippen LogP contribution < -0.4 is 10.1 Å². The second kappa shape index (κ2) is 14.5. The molecule has 2 N–H and O–H groups in total. The molecule has 0 aliphatic heterocycles. The van der Waals surface area contributed by atoms with Crippen LogP contribution in [0.3, 0.4) is 0 Å². The average molecular weight is 563 g/mol. The van der Waals surface area contributed by atoms with Gasteiger partial charge in [0.2, 0.25) is 5.91 Å². The lowest BCUT2D eigenvalue weighted by molar-refractivity contribution is -0.137. The lowest BCUT2D eigenvalue weighted by Gasteiger charge is -2.23. The van der Waals surface area contributed by atoms with Crippen LogP contribution in [0.1, 0.15) is 34.0 Å². The number of hydrogen-bond donors (Lipinski definition) is 2.